The molecule has 0 spiro atoms. The molecule has 0 saturated carbocycles. The molecule has 7 nitrogen and oxygen atoms in total. The highest BCUT2D eigenvalue weighted by Gasteiger charge is 2.34. The van der Waals surface area contributed by atoms with Gasteiger partial charge < -0.3 is 15.0 Å². The molecule has 0 amide bonds. The second kappa shape index (κ2) is 4.34. The lowest BCUT2D eigenvalue weighted by Gasteiger charge is -2.13. The van der Waals surface area contributed by atoms with Gasteiger partial charge in [-0.25, -0.2) is 4.98 Å². The molecule has 2 N–H and O–H groups in total. The molecule has 2 rings (SSSR count). The second-order valence-electron chi connectivity index (χ2n) is 4.26. The van der Waals surface area contributed by atoms with Crippen molar-refractivity contribution in [2.24, 2.45) is 12.8 Å². The largest absolute Gasteiger partial charge is 0.458 e. The van der Waals surface area contributed by atoms with E-state index in [1.54, 1.807) is 7.05 Å². The number of aromatic nitrogens is 2. The number of nitrogens with zero attached hydrogens (tertiary/aromatic N) is 2. The van der Waals surface area contributed by atoms with Gasteiger partial charge in [0.2, 0.25) is 11.6 Å². The predicted molar refractivity (Wildman–Crippen MR) is 64.2 cm³/mol. The normalized spacial score (nSPS) is 14.7. The van der Waals surface area contributed by atoms with Crippen LogP contribution in [0, 0.1) is 0 Å². The molecule has 0 aromatic carbocycles. The van der Waals surface area contributed by atoms with Gasteiger partial charge in [-0.05, 0) is 6.92 Å². The Morgan fingerprint density at radius 1 is 1.37 bits per heavy atom. The van der Waals surface area contributed by atoms with Crippen LogP contribution in [-0.2, 0) is 23.2 Å². The van der Waals surface area contributed by atoms with Gasteiger partial charge in [0.05, 0.1) is 5.70 Å². The van der Waals surface area contributed by atoms with E-state index in [4.69, 9.17) is 10.5 Å². The molecule has 1 heterocycles. The van der Waals surface area contributed by atoms with E-state index in [1.807, 2.05) is 0 Å². The van der Waals surface area contributed by atoms with Crippen molar-refractivity contribution in [1.82, 2.24) is 9.55 Å². The maximum Gasteiger partial charge on any atom is 0.303 e. The summed E-state index contributed by atoms with van der Waals surface area (Å²) < 4.78 is 6.27. The lowest BCUT2D eigenvalue weighted by molar-refractivity contribution is -0.142. The lowest BCUT2D eigenvalue weighted by Crippen LogP contribution is -2.26. The fraction of sp³-hybridized carbons (Fsp3) is 0.333. The van der Waals surface area contributed by atoms with Crippen LogP contribution in [0.15, 0.2) is 11.3 Å². The van der Waals surface area contributed by atoms with E-state index in [0.29, 0.717) is 5.82 Å². The topological polar surface area (TPSA) is 104 Å². The summed E-state index contributed by atoms with van der Waals surface area (Å²) in [5.74, 6) is -0.954. The molecule has 0 atom stereocenters. The number of carbonyl (C=O) groups excluding carboxylic acids is 3. The molecule has 1 aromatic heterocycles. The third-order valence-corrected chi connectivity index (χ3v) is 3.01. The van der Waals surface area contributed by atoms with Crippen LogP contribution in [0.3, 0.4) is 0 Å². The molecular weight excluding hydrogens is 250 g/mol. The van der Waals surface area contributed by atoms with Crippen molar-refractivity contribution in [3.8, 4) is 0 Å². The monoisotopic (exact) mass is 263 g/mol. The summed E-state index contributed by atoms with van der Waals surface area (Å²) in [5, 5.41) is 0. The maximum absolute atomic E-state index is 12.1. The van der Waals surface area contributed by atoms with Crippen LogP contribution in [0.1, 0.15) is 40.6 Å². The molecule has 0 fully saturated rings. The zero-order valence-electron chi connectivity index (χ0n) is 10.8. The molecule has 0 radical (unpaired) electrons. The first-order valence-corrected chi connectivity index (χ1v) is 5.59. The van der Waals surface area contributed by atoms with Crippen LogP contribution in [0.2, 0.25) is 0 Å². The Bertz CT molecular complexity index is 640. The van der Waals surface area contributed by atoms with E-state index in [1.165, 1.54) is 18.4 Å². The number of ether oxygens (including phenoxy) is 1. The highest BCUT2D eigenvalue weighted by Crippen LogP contribution is 2.24. The first-order chi connectivity index (χ1) is 8.84. The molecule has 1 aromatic rings. The van der Waals surface area contributed by atoms with E-state index in [-0.39, 0.29) is 35.0 Å². The van der Waals surface area contributed by atoms with Crippen molar-refractivity contribution < 1.29 is 19.1 Å². The Hall–Kier alpha value is -2.44. The summed E-state index contributed by atoms with van der Waals surface area (Å²) in [6, 6.07) is 0. The van der Waals surface area contributed by atoms with Crippen molar-refractivity contribution in [3.05, 3.63) is 28.5 Å². The van der Waals surface area contributed by atoms with E-state index >= 15 is 0 Å². The minimum absolute atomic E-state index is 0.0118. The molecular formula is C12H13N3O4. The minimum atomic E-state index is -0.475. The summed E-state index contributed by atoms with van der Waals surface area (Å²) in [5.41, 5.74) is 5.89. The van der Waals surface area contributed by atoms with Crippen LogP contribution in [0.4, 0.5) is 0 Å². The minimum Gasteiger partial charge on any atom is -0.458 e. The average molecular weight is 263 g/mol. The number of nitrogens with two attached hydrogens (primary N) is 1. The summed E-state index contributed by atoms with van der Waals surface area (Å²) in [7, 11) is 1.59. The van der Waals surface area contributed by atoms with Gasteiger partial charge >= 0.3 is 5.97 Å². The fourth-order valence-corrected chi connectivity index (χ4v) is 1.86. The fourth-order valence-electron chi connectivity index (χ4n) is 1.86. The maximum atomic E-state index is 12.1. The van der Waals surface area contributed by atoms with Crippen molar-refractivity contribution in [1.29, 1.82) is 0 Å². The Kier molecular flexibility index (Phi) is 2.97. The summed E-state index contributed by atoms with van der Waals surface area (Å²) in [6.07, 6.45) is 0. The Morgan fingerprint density at radius 2 is 2.00 bits per heavy atom. The van der Waals surface area contributed by atoms with Crippen molar-refractivity contribution in [3.63, 3.8) is 0 Å². The Morgan fingerprint density at radius 3 is 2.58 bits per heavy atom. The van der Waals surface area contributed by atoms with Gasteiger partial charge in [-0.3, -0.25) is 14.4 Å². The zero-order valence-corrected chi connectivity index (χ0v) is 10.8. The van der Waals surface area contributed by atoms with Crippen LogP contribution >= 0.6 is 0 Å². The van der Waals surface area contributed by atoms with Crippen molar-refractivity contribution in [2.75, 3.05) is 0 Å². The van der Waals surface area contributed by atoms with Gasteiger partial charge in [0, 0.05) is 19.5 Å². The summed E-state index contributed by atoms with van der Waals surface area (Å²) in [6.45, 7) is 2.67. The second-order valence-corrected chi connectivity index (χ2v) is 4.26. The van der Waals surface area contributed by atoms with Gasteiger partial charge in [0.1, 0.15) is 23.8 Å². The van der Waals surface area contributed by atoms with Crippen LogP contribution < -0.4 is 5.73 Å². The highest BCUT2D eigenvalue weighted by molar-refractivity contribution is 6.25. The number of Topliss-reactive ketones (excluding diaryl/α,β-unsaturated/α-hetero) is 2. The van der Waals surface area contributed by atoms with Gasteiger partial charge in [-0.15, -0.1) is 0 Å². The highest BCUT2D eigenvalue weighted by atomic mass is 16.5. The SMILES string of the molecule is CC(=O)OCc1nc2c(n1C)C(=O)C(C)=C(N)C2=O. The number of ketones is 2. The third kappa shape index (κ3) is 1.92. The van der Waals surface area contributed by atoms with Crippen molar-refractivity contribution >= 4 is 17.5 Å². The number of allylic oxidation sites excluding steroid dienone is 2. The average Bonchev–Trinajstić information content (AvgIpc) is 2.69. The first kappa shape index (κ1) is 13.0. The van der Waals surface area contributed by atoms with E-state index in [2.05, 4.69) is 4.98 Å². The molecule has 100 valence electrons. The predicted octanol–water partition coefficient (Wildman–Crippen LogP) is 0.0949. The van der Waals surface area contributed by atoms with Gasteiger partial charge in [0.25, 0.3) is 0 Å². The van der Waals surface area contributed by atoms with Crippen LogP contribution in [0.25, 0.3) is 0 Å². The molecule has 0 saturated heterocycles. The first-order valence-electron chi connectivity index (χ1n) is 5.59. The summed E-state index contributed by atoms with van der Waals surface area (Å²) >= 11 is 0. The quantitative estimate of drug-likeness (QED) is 0.758. The molecule has 0 bridgehead atoms. The summed E-state index contributed by atoms with van der Waals surface area (Å²) in [4.78, 5) is 38.9. The molecule has 0 unspecified atom stereocenters. The van der Waals surface area contributed by atoms with E-state index in [0.717, 1.165) is 0 Å². The van der Waals surface area contributed by atoms with Gasteiger partial charge in [-0.1, -0.05) is 0 Å². The molecule has 7 heteroatoms. The molecule has 19 heavy (non-hydrogen) atoms. The smallest absolute Gasteiger partial charge is 0.303 e. The van der Waals surface area contributed by atoms with Crippen molar-refractivity contribution in [2.45, 2.75) is 20.5 Å². The van der Waals surface area contributed by atoms with E-state index < -0.39 is 11.8 Å². The van der Waals surface area contributed by atoms with Crippen LogP contribution in [-0.4, -0.2) is 27.1 Å². The van der Waals surface area contributed by atoms with Gasteiger partial charge in [-0.2, -0.15) is 0 Å². The lowest BCUT2D eigenvalue weighted by atomic mass is 9.96. The zero-order chi connectivity index (χ0) is 14.3. The molecule has 0 aliphatic heterocycles. The standard InChI is InChI=1S/C12H13N3O4/c1-5-8(13)12(18)9-10(11(5)17)15(3)7(14-9)4-19-6(2)16/h4,13H2,1-3H3. The number of fused-ring (bicyclic) bond motifs is 1. The third-order valence-electron chi connectivity index (χ3n) is 3.01. The number of imidazole rings is 1. The number of hydrogen-bond acceptors (Lipinski definition) is 6. The number of esters is 1. The number of carbonyl (C=O) groups is 3. The molecule has 1 aliphatic carbocycles. The Balaban J connectivity index is 2.48. The van der Waals surface area contributed by atoms with E-state index in [9.17, 15) is 14.4 Å². The number of rotatable bonds is 2. The van der Waals surface area contributed by atoms with Crippen LogP contribution in [0.5, 0.6) is 0 Å². The van der Waals surface area contributed by atoms with Gasteiger partial charge in [0.15, 0.2) is 0 Å². The Labute approximate surface area is 109 Å². The molecule has 1 aliphatic rings. The number of hydrogen-bond donors (Lipinski definition) is 1.